The molecule has 1 aromatic heterocycles. The minimum Gasteiger partial charge on any atom is -0.298 e. The second-order valence-corrected chi connectivity index (χ2v) is 3.64. The molecule has 0 aliphatic carbocycles. The molecule has 2 rings (SSSR count). The van der Waals surface area contributed by atoms with Crippen molar-refractivity contribution in [3.63, 3.8) is 0 Å². The quantitative estimate of drug-likeness (QED) is 0.697. The molecule has 0 saturated heterocycles. The molecule has 0 aliphatic rings. The van der Waals surface area contributed by atoms with Gasteiger partial charge in [0.1, 0.15) is 0 Å². The molecule has 0 saturated carbocycles. The Hall–Kier alpha value is -1.90. The average molecular weight is 200 g/mol. The van der Waals surface area contributed by atoms with Crippen LogP contribution in [0.5, 0.6) is 0 Å². The minimum absolute atomic E-state index is 0.656. The van der Waals surface area contributed by atoms with Crippen LogP contribution in [-0.4, -0.2) is 16.1 Å². The third-order valence-corrected chi connectivity index (χ3v) is 2.27. The molecular formula is C12H12N2O. The van der Waals surface area contributed by atoms with Gasteiger partial charge in [-0.25, -0.2) is 4.68 Å². The molecule has 0 unspecified atom stereocenters. The number of carbonyl (C=O) groups excluding carboxylic acids is 1. The van der Waals surface area contributed by atoms with Crippen molar-refractivity contribution < 1.29 is 4.79 Å². The maximum Gasteiger partial charge on any atom is 0.152 e. The molecule has 2 aromatic rings. The minimum atomic E-state index is 0.656. The van der Waals surface area contributed by atoms with E-state index in [1.54, 1.807) is 10.9 Å². The van der Waals surface area contributed by atoms with Gasteiger partial charge in [0.05, 0.1) is 11.9 Å². The van der Waals surface area contributed by atoms with Crippen LogP contribution in [0.1, 0.15) is 21.5 Å². The Labute approximate surface area is 88.4 Å². The van der Waals surface area contributed by atoms with Gasteiger partial charge in [0, 0.05) is 11.8 Å². The molecule has 1 heterocycles. The van der Waals surface area contributed by atoms with Crippen LogP contribution < -0.4 is 0 Å². The summed E-state index contributed by atoms with van der Waals surface area (Å²) in [5, 5.41) is 4.19. The Bertz CT molecular complexity index is 500. The van der Waals surface area contributed by atoms with Gasteiger partial charge in [-0.1, -0.05) is 6.07 Å². The van der Waals surface area contributed by atoms with Gasteiger partial charge in [-0.05, 0) is 37.1 Å². The van der Waals surface area contributed by atoms with E-state index in [9.17, 15) is 4.79 Å². The van der Waals surface area contributed by atoms with E-state index < -0.39 is 0 Å². The molecule has 1 aromatic carbocycles. The summed E-state index contributed by atoms with van der Waals surface area (Å²) in [6.07, 6.45) is 4.53. The second-order valence-electron chi connectivity index (χ2n) is 3.64. The Morgan fingerprint density at radius 1 is 1.27 bits per heavy atom. The molecule has 0 amide bonds. The predicted molar refractivity (Wildman–Crippen MR) is 58.4 cm³/mol. The number of aromatic nitrogens is 2. The van der Waals surface area contributed by atoms with E-state index in [1.807, 2.05) is 38.2 Å². The summed E-state index contributed by atoms with van der Waals surface area (Å²) in [4.78, 5) is 10.9. The number of carbonyl (C=O) groups is 1. The van der Waals surface area contributed by atoms with E-state index in [4.69, 9.17) is 0 Å². The normalized spacial score (nSPS) is 10.3. The molecule has 3 heteroatoms. The number of aryl methyl sites for hydroxylation is 2. The number of benzene rings is 1. The number of nitrogens with zero attached hydrogens (tertiary/aromatic N) is 2. The van der Waals surface area contributed by atoms with Crippen LogP contribution in [0, 0.1) is 13.8 Å². The molecule has 0 aliphatic heterocycles. The van der Waals surface area contributed by atoms with Crippen molar-refractivity contribution in [1.29, 1.82) is 0 Å². The Kier molecular flexibility index (Phi) is 2.37. The topological polar surface area (TPSA) is 34.9 Å². The maximum atomic E-state index is 10.9. The van der Waals surface area contributed by atoms with Crippen molar-refractivity contribution in [2.75, 3.05) is 0 Å². The zero-order valence-corrected chi connectivity index (χ0v) is 8.77. The Morgan fingerprint density at radius 2 is 2.07 bits per heavy atom. The van der Waals surface area contributed by atoms with Gasteiger partial charge in [0.25, 0.3) is 0 Å². The largest absolute Gasteiger partial charge is 0.298 e. The zero-order chi connectivity index (χ0) is 10.8. The molecule has 3 nitrogen and oxygen atoms in total. The molecule has 76 valence electrons. The maximum absolute atomic E-state index is 10.9. The first-order valence-corrected chi connectivity index (χ1v) is 4.78. The average Bonchev–Trinajstić information content (AvgIpc) is 2.65. The van der Waals surface area contributed by atoms with Crippen LogP contribution in [-0.2, 0) is 0 Å². The third kappa shape index (κ3) is 1.81. The van der Waals surface area contributed by atoms with Crippen molar-refractivity contribution in [2.24, 2.45) is 0 Å². The Balaban J connectivity index is 2.59. The first-order valence-electron chi connectivity index (χ1n) is 4.78. The summed E-state index contributed by atoms with van der Waals surface area (Å²) in [7, 11) is 0. The fourth-order valence-electron chi connectivity index (χ4n) is 1.50. The lowest BCUT2D eigenvalue weighted by Crippen LogP contribution is -1.99. The molecule has 0 spiro atoms. The van der Waals surface area contributed by atoms with Crippen LogP contribution >= 0.6 is 0 Å². The summed E-state index contributed by atoms with van der Waals surface area (Å²) in [6, 6.07) is 5.69. The van der Waals surface area contributed by atoms with Crippen molar-refractivity contribution in [2.45, 2.75) is 13.8 Å². The zero-order valence-electron chi connectivity index (χ0n) is 8.77. The highest BCUT2D eigenvalue weighted by atomic mass is 16.1. The predicted octanol–water partition coefficient (Wildman–Crippen LogP) is 2.30. The molecule has 0 N–H and O–H groups in total. The number of rotatable bonds is 2. The van der Waals surface area contributed by atoms with E-state index in [2.05, 4.69) is 5.10 Å². The lowest BCUT2D eigenvalue weighted by Gasteiger charge is -2.05. The number of aldehydes is 1. The highest BCUT2D eigenvalue weighted by Crippen LogP contribution is 2.14. The molecule has 0 atom stereocenters. The van der Waals surface area contributed by atoms with Crippen LogP contribution in [0.2, 0.25) is 0 Å². The van der Waals surface area contributed by atoms with Gasteiger partial charge in [0.15, 0.2) is 6.29 Å². The van der Waals surface area contributed by atoms with E-state index in [0.717, 1.165) is 23.1 Å². The van der Waals surface area contributed by atoms with Crippen molar-refractivity contribution >= 4 is 6.29 Å². The fourth-order valence-corrected chi connectivity index (χ4v) is 1.50. The van der Waals surface area contributed by atoms with Gasteiger partial charge in [-0.3, -0.25) is 4.79 Å². The second kappa shape index (κ2) is 3.69. The SMILES string of the molecule is Cc1ccc(C=O)c(-n2cc(C)cn2)c1. The smallest absolute Gasteiger partial charge is 0.152 e. The molecule has 15 heavy (non-hydrogen) atoms. The monoisotopic (exact) mass is 200 g/mol. The fraction of sp³-hybridized carbons (Fsp3) is 0.167. The number of hydrogen-bond acceptors (Lipinski definition) is 2. The third-order valence-electron chi connectivity index (χ3n) is 2.27. The summed E-state index contributed by atoms with van der Waals surface area (Å²) >= 11 is 0. The number of hydrogen-bond donors (Lipinski definition) is 0. The van der Waals surface area contributed by atoms with Gasteiger partial charge >= 0.3 is 0 Å². The van der Waals surface area contributed by atoms with Gasteiger partial charge in [0.2, 0.25) is 0 Å². The molecule has 0 radical (unpaired) electrons. The first-order chi connectivity index (χ1) is 7.20. The van der Waals surface area contributed by atoms with Crippen molar-refractivity contribution in [3.8, 4) is 5.69 Å². The van der Waals surface area contributed by atoms with E-state index in [-0.39, 0.29) is 0 Å². The van der Waals surface area contributed by atoms with Crippen molar-refractivity contribution in [3.05, 3.63) is 47.3 Å². The van der Waals surface area contributed by atoms with Crippen LogP contribution in [0.25, 0.3) is 5.69 Å². The van der Waals surface area contributed by atoms with Crippen molar-refractivity contribution in [1.82, 2.24) is 9.78 Å². The lowest BCUT2D eigenvalue weighted by atomic mass is 10.1. The van der Waals surface area contributed by atoms with Gasteiger partial charge < -0.3 is 0 Å². The van der Waals surface area contributed by atoms with Gasteiger partial charge in [-0.15, -0.1) is 0 Å². The van der Waals surface area contributed by atoms with E-state index in [1.165, 1.54) is 0 Å². The van der Waals surface area contributed by atoms with E-state index >= 15 is 0 Å². The standard InChI is InChI=1S/C12H12N2O/c1-9-3-4-11(8-15)12(5-9)14-7-10(2)6-13-14/h3-8H,1-2H3. The summed E-state index contributed by atoms with van der Waals surface area (Å²) in [5.41, 5.74) is 3.68. The van der Waals surface area contributed by atoms with Crippen LogP contribution in [0.15, 0.2) is 30.6 Å². The Morgan fingerprint density at radius 3 is 2.67 bits per heavy atom. The first kappa shape index (κ1) is 9.65. The molecule has 0 fully saturated rings. The lowest BCUT2D eigenvalue weighted by molar-refractivity contribution is 0.112. The summed E-state index contributed by atoms with van der Waals surface area (Å²) < 4.78 is 1.73. The van der Waals surface area contributed by atoms with Gasteiger partial charge in [-0.2, -0.15) is 5.10 Å². The summed E-state index contributed by atoms with van der Waals surface area (Å²) in [6.45, 7) is 3.97. The molecule has 0 bridgehead atoms. The van der Waals surface area contributed by atoms with Crippen LogP contribution in [0.4, 0.5) is 0 Å². The van der Waals surface area contributed by atoms with Crippen LogP contribution in [0.3, 0.4) is 0 Å². The highest BCUT2D eigenvalue weighted by molar-refractivity contribution is 5.81. The van der Waals surface area contributed by atoms with E-state index in [0.29, 0.717) is 5.56 Å². The molecular weight excluding hydrogens is 188 g/mol. The summed E-state index contributed by atoms with van der Waals surface area (Å²) in [5.74, 6) is 0. The highest BCUT2D eigenvalue weighted by Gasteiger charge is 2.04.